The van der Waals surface area contributed by atoms with Crippen LogP contribution in [0, 0.1) is 31.1 Å². The fourth-order valence-electron chi connectivity index (χ4n) is 4.01. The maximum Gasteiger partial charge on any atom is 4.00 e. The van der Waals surface area contributed by atoms with E-state index in [4.69, 9.17) is 15.3 Å². The molecule has 0 saturated heterocycles. The first kappa shape index (κ1) is 40.0. The van der Waals surface area contributed by atoms with Crippen molar-refractivity contribution in [2.24, 2.45) is 0 Å². The van der Waals surface area contributed by atoms with Crippen molar-refractivity contribution in [2.75, 3.05) is 39.3 Å². The largest absolute Gasteiger partial charge is 4.00 e. The van der Waals surface area contributed by atoms with Crippen LogP contribution in [0.5, 0.6) is 0 Å². The molecule has 0 aromatic rings. The molecule has 0 aliphatic heterocycles. The smallest absolute Gasteiger partial charge is 1.00 e. The summed E-state index contributed by atoms with van der Waals surface area (Å²) >= 11 is 0. The van der Waals surface area contributed by atoms with E-state index in [1.165, 1.54) is 0 Å². The average Bonchev–Trinajstić information content (AvgIpc) is 2.62. The van der Waals surface area contributed by atoms with E-state index in [9.17, 15) is 0 Å². The standard InChI is InChI=1S/C24H54N4P3.ClH.U/c1-19(2)29(20(3)4)25-13-16-28(17-14-26-30(21(5)6)22(7)8)18-15-27-31(23(9)10)24(11)12;;/h19-24H,13-18H2,1-12H3;1H;/q-3;;+4/p-1. The topological polar surface area (TPSA) is 45.5 Å². The van der Waals surface area contributed by atoms with Crippen LogP contribution in [-0.4, -0.2) is 78.1 Å². The summed E-state index contributed by atoms with van der Waals surface area (Å²) in [5, 5.41) is 15.4. The fraction of sp³-hybridized carbons (Fsp3) is 1.00. The van der Waals surface area contributed by atoms with Crippen LogP contribution in [0.1, 0.15) is 83.1 Å². The van der Waals surface area contributed by atoms with Crippen molar-refractivity contribution < 1.29 is 43.5 Å². The Hall–Kier alpha value is 2.47. The van der Waals surface area contributed by atoms with Gasteiger partial charge in [-0.05, 0) is 53.6 Å². The first-order valence-electron chi connectivity index (χ1n) is 12.5. The van der Waals surface area contributed by atoms with Crippen molar-refractivity contribution in [3.05, 3.63) is 15.3 Å². The van der Waals surface area contributed by atoms with Crippen molar-refractivity contribution >= 4 is 24.2 Å². The Morgan fingerprint density at radius 2 is 0.636 bits per heavy atom. The van der Waals surface area contributed by atoms with Gasteiger partial charge in [0, 0.05) is 0 Å². The molecule has 0 aromatic heterocycles. The number of rotatable bonds is 18. The molecule has 0 saturated carbocycles. The van der Waals surface area contributed by atoms with E-state index in [1.807, 2.05) is 0 Å². The van der Waals surface area contributed by atoms with Crippen LogP contribution in [0.15, 0.2) is 0 Å². The van der Waals surface area contributed by atoms with Crippen LogP contribution in [0.2, 0.25) is 0 Å². The first-order valence-corrected chi connectivity index (χ1v) is 16.8. The minimum absolute atomic E-state index is 0. The van der Waals surface area contributed by atoms with E-state index in [0.717, 1.165) is 39.3 Å². The van der Waals surface area contributed by atoms with Crippen molar-refractivity contribution in [1.29, 1.82) is 0 Å². The van der Waals surface area contributed by atoms with E-state index < -0.39 is 0 Å². The molecule has 0 N–H and O–H groups in total. The molecule has 0 heterocycles. The van der Waals surface area contributed by atoms with Crippen LogP contribution >= 0.6 is 24.2 Å². The molecule has 0 aliphatic carbocycles. The second-order valence-corrected chi connectivity index (χ2v) is 19.5. The number of hydrogen-bond acceptors (Lipinski definition) is 1. The van der Waals surface area contributed by atoms with E-state index >= 15 is 0 Å². The summed E-state index contributed by atoms with van der Waals surface area (Å²) in [5.41, 5.74) is 4.05. The van der Waals surface area contributed by atoms with Gasteiger partial charge in [0.15, 0.2) is 0 Å². The molecule has 0 aromatic carbocycles. The van der Waals surface area contributed by atoms with Gasteiger partial charge < -0.3 is 32.6 Å². The minimum Gasteiger partial charge on any atom is -1.00 e. The fourth-order valence-corrected chi connectivity index (χ4v) is 10.5. The molecule has 0 unspecified atom stereocenters. The molecule has 33 heavy (non-hydrogen) atoms. The zero-order chi connectivity index (χ0) is 24.1. The molecule has 0 aliphatic rings. The molecule has 4 nitrogen and oxygen atoms in total. The zero-order valence-corrected chi connectivity index (χ0v) is 31.3. The Labute approximate surface area is 242 Å². The zero-order valence-electron chi connectivity index (χ0n) is 23.7. The molecule has 9 heteroatoms. The Bertz CT molecular complexity index is 358. The van der Waals surface area contributed by atoms with Gasteiger partial charge in [-0.3, -0.25) is 0 Å². The van der Waals surface area contributed by atoms with Gasteiger partial charge in [-0.2, -0.15) is 0 Å². The second-order valence-electron chi connectivity index (χ2n) is 10.1. The summed E-state index contributed by atoms with van der Waals surface area (Å²) in [5.74, 6) is 0. The van der Waals surface area contributed by atoms with Gasteiger partial charge >= 0.3 is 31.1 Å². The Morgan fingerprint density at radius 3 is 0.788 bits per heavy atom. The van der Waals surface area contributed by atoms with Crippen LogP contribution in [0.3, 0.4) is 0 Å². The molecule has 0 amide bonds. The molecule has 0 radical (unpaired) electrons. The van der Waals surface area contributed by atoms with Crippen molar-refractivity contribution in [2.45, 2.75) is 117 Å². The van der Waals surface area contributed by atoms with Gasteiger partial charge in [-0.1, -0.05) is 83.1 Å². The SMILES string of the molecule is CC(C)P([N-]CCN(CC[N-]P(C(C)C)C(C)C)CC[N-]P(C(C)C)C(C)C)C(C)C.[Cl-].[U+4]. The summed E-state index contributed by atoms with van der Waals surface area (Å²) in [6.45, 7) is 33.9. The Balaban J connectivity index is -0.00000450. The third-order valence-corrected chi connectivity index (χ3v) is 13.1. The molecule has 0 bridgehead atoms. The van der Waals surface area contributed by atoms with Gasteiger partial charge in [-0.15, -0.1) is 19.6 Å². The van der Waals surface area contributed by atoms with Gasteiger partial charge in [0.05, 0.1) is 0 Å². The summed E-state index contributed by atoms with van der Waals surface area (Å²) in [4.78, 5) is 2.58. The van der Waals surface area contributed by atoms with E-state index in [2.05, 4.69) is 88.0 Å². The monoisotopic (exact) mass is 764 g/mol. The number of halogens is 1. The van der Waals surface area contributed by atoms with Gasteiger partial charge in [-0.25, -0.2) is 24.2 Å². The third-order valence-electron chi connectivity index (χ3n) is 5.21. The van der Waals surface area contributed by atoms with Gasteiger partial charge in [0.1, 0.15) is 0 Å². The average molecular weight is 765 g/mol. The van der Waals surface area contributed by atoms with Crippen LogP contribution in [-0.2, 0) is 0 Å². The predicted molar refractivity (Wildman–Crippen MR) is 153 cm³/mol. The maximum atomic E-state index is 5.13. The van der Waals surface area contributed by atoms with E-state index in [-0.39, 0.29) is 67.7 Å². The molecule has 0 rings (SSSR count). The van der Waals surface area contributed by atoms with Gasteiger partial charge in [0.25, 0.3) is 0 Å². The maximum absolute atomic E-state index is 5.13. The molecule has 196 valence electrons. The minimum atomic E-state index is -0.232. The molecule has 0 atom stereocenters. The van der Waals surface area contributed by atoms with Crippen LogP contribution in [0.25, 0.3) is 15.3 Å². The molecule has 0 fully saturated rings. The number of hydrogen-bond donors (Lipinski definition) is 0. The summed E-state index contributed by atoms with van der Waals surface area (Å²) in [6.07, 6.45) is 0. The van der Waals surface area contributed by atoms with Crippen molar-refractivity contribution in [3.63, 3.8) is 0 Å². The quantitative estimate of drug-likeness (QED) is 0.157. The van der Waals surface area contributed by atoms with Crippen LogP contribution in [0.4, 0.5) is 0 Å². The predicted octanol–water partition coefficient (Wildman–Crippen LogP) is 6.05. The second kappa shape index (κ2) is 22.5. The van der Waals surface area contributed by atoms with Crippen molar-refractivity contribution in [3.8, 4) is 0 Å². The van der Waals surface area contributed by atoms with E-state index in [1.54, 1.807) is 0 Å². The molecular weight excluding hydrogens is 711 g/mol. The molecule has 0 spiro atoms. The van der Waals surface area contributed by atoms with Crippen LogP contribution < -0.4 is 12.4 Å². The number of nitrogens with zero attached hydrogens (tertiary/aromatic N) is 4. The Kier molecular flexibility index (Phi) is 27.2. The Morgan fingerprint density at radius 1 is 0.455 bits per heavy atom. The normalized spacial score (nSPS) is 12.5. The van der Waals surface area contributed by atoms with E-state index in [0.29, 0.717) is 34.0 Å². The third kappa shape index (κ3) is 18.4. The molecular formula is C24H54ClN4P3U. The summed E-state index contributed by atoms with van der Waals surface area (Å²) in [7, 11) is -0.697. The van der Waals surface area contributed by atoms with Gasteiger partial charge in [0.2, 0.25) is 0 Å². The summed E-state index contributed by atoms with van der Waals surface area (Å²) < 4.78 is 0. The summed E-state index contributed by atoms with van der Waals surface area (Å²) in [6, 6.07) is 0. The first-order chi connectivity index (χ1) is 14.4. The van der Waals surface area contributed by atoms with Crippen molar-refractivity contribution in [1.82, 2.24) is 4.90 Å².